The smallest absolute Gasteiger partial charge is 0.229 e. The molecule has 5 nitrogen and oxygen atoms in total. The average Bonchev–Trinajstić information content (AvgIpc) is 2.83. The molecule has 2 aromatic heterocycles. The molecule has 0 fully saturated rings. The molecule has 90 valence electrons. The molecule has 5 heteroatoms. The standard InChI is InChI=1S/C13H11N3O2/c1-17-13-10-3-2-8(6-9(10)4-5-15-13)11-7-16-18-12(11)14/h2-7H,14H2,1H3. The predicted octanol–water partition coefficient (Wildman–Crippen LogP) is 2.48. The van der Waals surface area contributed by atoms with Gasteiger partial charge >= 0.3 is 0 Å². The molecule has 0 amide bonds. The molecule has 0 saturated heterocycles. The van der Waals surface area contributed by atoms with Gasteiger partial charge in [-0.3, -0.25) is 0 Å². The minimum absolute atomic E-state index is 0.315. The highest BCUT2D eigenvalue weighted by molar-refractivity contribution is 5.91. The molecule has 0 unspecified atom stereocenters. The minimum atomic E-state index is 0.315. The molecule has 0 saturated carbocycles. The lowest BCUT2D eigenvalue weighted by Crippen LogP contribution is -1.89. The van der Waals surface area contributed by atoms with E-state index < -0.39 is 0 Å². The van der Waals surface area contributed by atoms with Crippen molar-refractivity contribution in [2.45, 2.75) is 0 Å². The van der Waals surface area contributed by atoms with E-state index in [2.05, 4.69) is 10.1 Å². The van der Waals surface area contributed by atoms with E-state index in [1.165, 1.54) is 0 Å². The summed E-state index contributed by atoms with van der Waals surface area (Å²) >= 11 is 0. The Hall–Kier alpha value is -2.56. The lowest BCUT2D eigenvalue weighted by Gasteiger charge is -2.05. The van der Waals surface area contributed by atoms with Crippen molar-refractivity contribution in [1.82, 2.24) is 10.1 Å². The molecule has 0 aliphatic carbocycles. The van der Waals surface area contributed by atoms with Gasteiger partial charge in [0.05, 0.1) is 18.9 Å². The molecule has 0 aliphatic rings. The van der Waals surface area contributed by atoms with Crippen LogP contribution in [0, 0.1) is 0 Å². The minimum Gasteiger partial charge on any atom is -0.481 e. The highest BCUT2D eigenvalue weighted by Gasteiger charge is 2.09. The molecule has 0 spiro atoms. The van der Waals surface area contributed by atoms with Crippen molar-refractivity contribution in [3.8, 4) is 17.0 Å². The lowest BCUT2D eigenvalue weighted by molar-refractivity contribution is 0.403. The quantitative estimate of drug-likeness (QED) is 0.746. The highest BCUT2D eigenvalue weighted by Crippen LogP contribution is 2.30. The number of rotatable bonds is 2. The Morgan fingerprint density at radius 1 is 1.28 bits per heavy atom. The van der Waals surface area contributed by atoms with Gasteiger partial charge in [0, 0.05) is 11.6 Å². The summed E-state index contributed by atoms with van der Waals surface area (Å²) in [6, 6.07) is 7.81. The second-order valence-corrected chi connectivity index (χ2v) is 3.86. The normalized spacial score (nSPS) is 10.7. The van der Waals surface area contributed by atoms with Crippen LogP contribution in [-0.4, -0.2) is 17.3 Å². The average molecular weight is 241 g/mol. The molecule has 2 heterocycles. The van der Waals surface area contributed by atoms with E-state index in [0.29, 0.717) is 11.8 Å². The third kappa shape index (κ3) is 1.57. The summed E-state index contributed by atoms with van der Waals surface area (Å²) in [4.78, 5) is 4.16. The van der Waals surface area contributed by atoms with Gasteiger partial charge in [-0.05, 0) is 29.1 Å². The van der Waals surface area contributed by atoms with E-state index in [1.807, 2.05) is 24.3 Å². The number of hydrogen-bond acceptors (Lipinski definition) is 5. The fraction of sp³-hybridized carbons (Fsp3) is 0.0769. The van der Waals surface area contributed by atoms with E-state index in [4.69, 9.17) is 15.0 Å². The summed E-state index contributed by atoms with van der Waals surface area (Å²) in [6.07, 6.45) is 3.32. The van der Waals surface area contributed by atoms with Gasteiger partial charge < -0.3 is 15.0 Å². The Labute approximate surface area is 103 Å². The highest BCUT2D eigenvalue weighted by atomic mass is 16.5. The van der Waals surface area contributed by atoms with Gasteiger partial charge in [0.2, 0.25) is 11.8 Å². The van der Waals surface area contributed by atoms with Gasteiger partial charge in [-0.1, -0.05) is 11.2 Å². The predicted molar refractivity (Wildman–Crippen MR) is 68.2 cm³/mol. The molecule has 0 aliphatic heterocycles. The fourth-order valence-electron chi connectivity index (χ4n) is 1.95. The van der Waals surface area contributed by atoms with Crippen molar-refractivity contribution in [2.75, 3.05) is 12.8 Å². The van der Waals surface area contributed by atoms with E-state index in [0.717, 1.165) is 21.9 Å². The zero-order chi connectivity index (χ0) is 12.5. The van der Waals surface area contributed by atoms with Crippen LogP contribution in [0.1, 0.15) is 0 Å². The number of nitrogens with two attached hydrogens (primary N) is 1. The van der Waals surface area contributed by atoms with Crippen molar-refractivity contribution in [2.24, 2.45) is 0 Å². The van der Waals surface area contributed by atoms with E-state index in [1.54, 1.807) is 19.5 Å². The fourth-order valence-corrected chi connectivity index (χ4v) is 1.95. The van der Waals surface area contributed by atoms with Gasteiger partial charge in [-0.25, -0.2) is 4.98 Å². The summed E-state index contributed by atoms with van der Waals surface area (Å²) in [5, 5.41) is 5.66. The first-order valence-electron chi connectivity index (χ1n) is 5.43. The Balaban J connectivity index is 2.21. The van der Waals surface area contributed by atoms with Crippen LogP contribution in [-0.2, 0) is 0 Å². The molecule has 3 aromatic rings. The molecule has 1 aromatic carbocycles. The summed E-state index contributed by atoms with van der Waals surface area (Å²) < 4.78 is 10.1. The second-order valence-electron chi connectivity index (χ2n) is 3.86. The molecule has 0 bridgehead atoms. The Kier molecular flexibility index (Phi) is 2.37. The number of ether oxygens (including phenoxy) is 1. The van der Waals surface area contributed by atoms with Crippen LogP contribution < -0.4 is 10.5 Å². The van der Waals surface area contributed by atoms with Crippen LogP contribution >= 0.6 is 0 Å². The third-order valence-electron chi connectivity index (χ3n) is 2.83. The molecule has 3 rings (SSSR count). The van der Waals surface area contributed by atoms with Crippen LogP contribution in [0.15, 0.2) is 41.2 Å². The van der Waals surface area contributed by atoms with Gasteiger partial charge in [0.1, 0.15) is 0 Å². The topological polar surface area (TPSA) is 74.2 Å². The van der Waals surface area contributed by atoms with Crippen molar-refractivity contribution in [3.63, 3.8) is 0 Å². The second kappa shape index (κ2) is 4.03. The maximum atomic E-state index is 5.71. The van der Waals surface area contributed by atoms with Gasteiger partial charge in [0.25, 0.3) is 0 Å². The molecule has 2 N–H and O–H groups in total. The largest absolute Gasteiger partial charge is 0.481 e. The lowest BCUT2D eigenvalue weighted by atomic mass is 10.0. The Bertz CT molecular complexity index is 706. The molecule has 0 atom stereocenters. The SMILES string of the molecule is COc1nccc2cc(-c3cnoc3N)ccc12. The van der Waals surface area contributed by atoms with Crippen LogP contribution in [0.2, 0.25) is 0 Å². The Morgan fingerprint density at radius 3 is 2.89 bits per heavy atom. The van der Waals surface area contributed by atoms with Crippen molar-refractivity contribution in [1.29, 1.82) is 0 Å². The number of nitrogen functional groups attached to an aromatic ring is 1. The van der Waals surface area contributed by atoms with Crippen molar-refractivity contribution < 1.29 is 9.26 Å². The molecule has 18 heavy (non-hydrogen) atoms. The van der Waals surface area contributed by atoms with Crippen molar-refractivity contribution >= 4 is 16.7 Å². The zero-order valence-electron chi connectivity index (χ0n) is 9.75. The molecule has 0 radical (unpaired) electrons. The summed E-state index contributed by atoms with van der Waals surface area (Å²) in [5.41, 5.74) is 7.44. The van der Waals surface area contributed by atoms with Crippen LogP contribution in [0.3, 0.4) is 0 Å². The van der Waals surface area contributed by atoms with Crippen LogP contribution in [0.5, 0.6) is 5.88 Å². The first-order chi connectivity index (χ1) is 8.79. The van der Waals surface area contributed by atoms with E-state index in [9.17, 15) is 0 Å². The van der Waals surface area contributed by atoms with Crippen molar-refractivity contribution in [3.05, 3.63) is 36.7 Å². The number of anilines is 1. The Morgan fingerprint density at radius 2 is 2.17 bits per heavy atom. The summed E-state index contributed by atoms with van der Waals surface area (Å²) in [6.45, 7) is 0. The van der Waals surface area contributed by atoms with E-state index >= 15 is 0 Å². The third-order valence-corrected chi connectivity index (χ3v) is 2.83. The van der Waals surface area contributed by atoms with Gasteiger partial charge in [-0.15, -0.1) is 0 Å². The first-order valence-corrected chi connectivity index (χ1v) is 5.43. The van der Waals surface area contributed by atoms with E-state index in [-0.39, 0.29) is 0 Å². The molecular weight excluding hydrogens is 230 g/mol. The molecular formula is C13H11N3O2. The number of benzene rings is 1. The zero-order valence-corrected chi connectivity index (χ0v) is 9.75. The number of fused-ring (bicyclic) bond motifs is 1. The maximum Gasteiger partial charge on any atom is 0.229 e. The summed E-state index contributed by atoms with van der Waals surface area (Å²) in [7, 11) is 1.60. The summed E-state index contributed by atoms with van der Waals surface area (Å²) in [5.74, 6) is 0.924. The number of methoxy groups -OCH3 is 1. The number of pyridine rings is 1. The van der Waals surface area contributed by atoms with Gasteiger partial charge in [-0.2, -0.15) is 0 Å². The van der Waals surface area contributed by atoms with Crippen LogP contribution in [0.25, 0.3) is 21.9 Å². The number of hydrogen-bond donors (Lipinski definition) is 1. The van der Waals surface area contributed by atoms with Crippen LogP contribution in [0.4, 0.5) is 5.88 Å². The first kappa shape index (κ1) is 10.6. The van der Waals surface area contributed by atoms with Gasteiger partial charge in [0.15, 0.2) is 0 Å². The number of nitrogens with zero attached hydrogens (tertiary/aromatic N) is 2. The monoisotopic (exact) mass is 241 g/mol. The number of aromatic nitrogens is 2. The maximum absolute atomic E-state index is 5.71.